The molecule has 0 aliphatic rings. The summed E-state index contributed by atoms with van der Waals surface area (Å²) in [5.41, 5.74) is -0.289. The van der Waals surface area contributed by atoms with Gasteiger partial charge < -0.3 is 35.7 Å². The molecule has 0 fully saturated rings. The van der Waals surface area contributed by atoms with E-state index in [1.165, 1.54) is 0 Å². The molecule has 8 nitrogen and oxygen atoms in total. The number of hydrogen-bond donors (Lipinski definition) is 7. The molecule has 2 aromatic rings. The molecule has 2 rings (SSSR count). The first-order valence-electron chi connectivity index (χ1n) is 5.41. The van der Waals surface area contributed by atoms with Crippen molar-refractivity contribution in [3.8, 4) is 34.5 Å². The van der Waals surface area contributed by atoms with E-state index in [-0.39, 0.29) is 22.8 Å². The standard InChI is InChI=1S/C7H6O5.C6H6O3/c8-4-1-3(7(11)12)2-5(9)6(4)10;7-4-1-5(8)3-6(9)2-4/h1-2,8-10H,(H,11,12);1-3,7-9H. The third-order valence-corrected chi connectivity index (χ3v) is 2.20. The van der Waals surface area contributed by atoms with E-state index in [1.807, 2.05) is 0 Å². The Bertz CT molecular complexity index is 592. The molecule has 0 bridgehead atoms. The number of carboxylic acids is 1. The smallest absolute Gasteiger partial charge is 0.335 e. The highest BCUT2D eigenvalue weighted by Gasteiger charge is 2.11. The summed E-state index contributed by atoms with van der Waals surface area (Å²) in [7, 11) is 0. The fourth-order valence-corrected chi connectivity index (χ4v) is 1.31. The fraction of sp³-hybridized carbons (Fsp3) is 0. The molecule has 0 amide bonds. The van der Waals surface area contributed by atoms with Gasteiger partial charge in [0.15, 0.2) is 17.2 Å². The maximum Gasteiger partial charge on any atom is 0.335 e. The van der Waals surface area contributed by atoms with Gasteiger partial charge in [-0.3, -0.25) is 0 Å². The van der Waals surface area contributed by atoms with Gasteiger partial charge in [-0.25, -0.2) is 4.79 Å². The second kappa shape index (κ2) is 6.24. The number of carbonyl (C=O) groups is 1. The van der Waals surface area contributed by atoms with Crippen LogP contribution in [0.5, 0.6) is 34.5 Å². The number of rotatable bonds is 1. The Balaban J connectivity index is 0.000000219. The summed E-state index contributed by atoms with van der Waals surface area (Å²) in [4.78, 5) is 10.3. The van der Waals surface area contributed by atoms with Gasteiger partial charge in [0.1, 0.15) is 17.2 Å². The molecule has 0 aliphatic heterocycles. The molecule has 0 heterocycles. The predicted molar refractivity (Wildman–Crippen MR) is 69.8 cm³/mol. The number of phenols is 6. The average Bonchev–Trinajstić information content (AvgIpc) is 2.34. The number of hydrogen-bond acceptors (Lipinski definition) is 7. The quantitative estimate of drug-likeness (QED) is 0.388. The van der Waals surface area contributed by atoms with Crippen LogP contribution < -0.4 is 0 Å². The van der Waals surface area contributed by atoms with E-state index in [0.29, 0.717) is 0 Å². The Morgan fingerprint density at radius 1 is 0.667 bits per heavy atom. The van der Waals surface area contributed by atoms with Gasteiger partial charge in [0.05, 0.1) is 5.56 Å². The lowest BCUT2D eigenvalue weighted by molar-refractivity contribution is 0.0696. The van der Waals surface area contributed by atoms with E-state index in [4.69, 9.17) is 35.7 Å². The van der Waals surface area contributed by atoms with Gasteiger partial charge in [-0.15, -0.1) is 0 Å². The van der Waals surface area contributed by atoms with Gasteiger partial charge in [0, 0.05) is 18.2 Å². The van der Waals surface area contributed by atoms with Crippen molar-refractivity contribution in [1.29, 1.82) is 0 Å². The normalized spacial score (nSPS) is 9.52. The van der Waals surface area contributed by atoms with Gasteiger partial charge in [-0.05, 0) is 12.1 Å². The Kier molecular flexibility index (Phi) is 4.68. The fourth-order valence-electron chi connectivity index (χ4n) is 1.31. The second-order valence-corrected chi connectivity index (χ2v) is 3.88. The van der Waals surface area contributed by atoms with Gasteiger partial charge in [0.25, 0.3) is 0 Å². The summed E-state index contributed by atoms with van der Waals surface area (Å²) >= 11 is 0. The summed E-state index contributed by atoms with van der Waals surface area (Å²) in [6.07, 6.45) is 0. The molecular formula is C13H12O8. The first-order chi connectivity index (χ1) is 9.70. The summed E-state index contributed by atoms with van der Waals surface area (Å²) in [5.74, 6) is -3.77. The molecule has 0 radical (unpaired) electrons. The SMILES string of the molecule is O=C(O)c1cc(O)c(O)c(O)c1.Oc1cc(O)cc(O)c1. The van der Waals surface area contributed by atoms with Crippen molar-refractivity contribution in [2.24, 2.45) is 0 Å². The molecule has 0 spiro atoms. The van der Waals surface area contributed by atoms with Crippen LogP contribution in [0.25, 0.3) is 0 Å². The van der Waals surface area contributed by atoms with Crippen molar-refractivity contribution in [3.63, 3.8) is 0 Å². The van der Waals surface area contributed by atoms with Gasteiger partial charge in [0.2, 0.25) is 0 Å². The highest BCUT2D eigenvalue weighted by molar-refractivity contribution is 5.89. The van der Waals surface area contributed by atoms with Crippen LogP contribution in [0.15, 0.2) is 30.3 Å². The number of carboxylic acid groups (broad SMARTS) is 1. The molecule has 7 N–H and O–H groups in total. The number of phenolic OH excluding ortho intramolecular Hbond substituents is 6. The van der Waals surface area contributed by atoms with Gasteiger partial charge >= 0.3 is 5.97 Å². The largest absolute Gasteiger partial charge is 0.508 e. The minimum absolute atomic E-state index is 0.146. The zero-order valence-corrected chi connectivity index (χ0v) is 10.4. The third kappa shape index (κ3) is 4.39. The van der Waals surface area contributed by atoms with Crippen LogP contribution >= 0.6 is 0 Å². The Morgan fingerprint density at radius 3 is 1.29 bits per heavy atom. The molecule has 2 aromatic carbocycles. The van der Waals surface area contributed by atoms with Crippen LogP contribution in [0.1, 0.15) is 10.4 Å². The summed E-state index contributed by atoms with van der Waals surface area (Å²) in [5, 5.41) is 61.0. The van der Waals surface area contributed by atoms with E-state index in [0.717, 1.165) is 30.3 Å². The second-order valence-electron chi connectivity index (χ2n) is 3.88. The number of benzene rings is 2. The van der Waals surface area contributed by atoms with Gasteiger partial charge in [-0.2, -0.15) is 0 Å². The minimum Gasteiger partial charge on any atom is -0.508 e. The summed E-state index contributed by atoms with van der Waals surface area (Å²) < 4.78 is 0. The van der Waals surface area contributed by atoms with Crippen molar-refractivity contribution < 1.29 is 40.5 Å². The highest BCUT2D eigenvalue weighted by Crippen LogP contribution is 2.35. The van der Waals surface area contributed by atoms with Crippen LogP contribution in [-0.2, 0) is 0 Å². The zero-order chi connectivity index (χ0) is 16.2. The maximum absolute atomic E-state index is 10.3. The number of aromatic carboxylic acids is 1. The van der Waals surface area contributed by atoms with Crippen LogP contribution in [0.4, 0.5) is 0 Å². The lowest BCUT2D eigenvalue weighted by atomic mass is 10.2. The van der Waals surface area contributed by atoms with Crippen molar-refractivity contribution in [1.82, 2.24) is 0 Å². The Hall–Kier alpha value is -3.29. The molecule has 8 heteroatoms. The molecule has 0 unspecified atom stereocenters. The topological polar surface area (TPSA) is 159 Å². The summed E-state index contributed by atoms with van der Waals surface area (Å²) in [6.45, 7) is 0. The predicted octanol–water partition coefficient (Wildman–Crippen LogP) is 1.30. The Labute approximate surface area is 118 Å². The highest BCUT2D eigenvalue weighted by atomic mass is 16.4. The molecule has 112 valence electrons. The van der Waals surface area contributed by atoms with E-state index in [9.17, 15) is 4.79 Å². The van der Waals surface area contributed by atoms with Crippen LogP contribution in [0.2, 0.25) is 0 Å². The molecular weight excluding hydrogens is 284 g/mol. The lowest BCUT2D eigenvalue weighted by Crippen LogP contribution is -1.95. The van der Waals surface area contributed by atoms with Crippen molar-refractivity contribution >= 4 is 5.97 Å². The zero-order valence-electron chi connectivity index (χ0n) is 10.4. The Morgan fingerprint density at radius 2 is 1.00 bits per heavy atom. The van der Waals surface area contributed by atoms with E-state index >= 15 is 0 Å². The van der Waals surface area contributed by atoms with Gasteiger partial charge in [-0.1, -0.05) is 0 Å². The molecule has 0 atom stereocenters. The molecule has 21 heavy (non-hydrogen) atoms. The molecule has 0 saturated carbocycles. The van der Waals surface area contributed by atoms with Crippen molar-refractivity contribution in [2.75, 3.05) is 0 Å². The first kappa shape index (κ1) is 15.8. The van der Waals surface area contributed by atoms with Crippen LogP contribution in [-0.4, -0.2) is 41.7 Å². The monoisotopic (exact) mass is 296 g/mol. The average molecular weight is 296 g/mol. The van der Waals surface area contributed by atoms with Crippen LogP contribution in [0.3, 0.4) is 0 Å². The van der Waals surface area contributed by atoms with Crippen molar-refractivity contribution in [3.05, 3.63) is 35.9 Å². The minimum atomic E-state index is -1.29. The van der Waals surface area contributed by atoms with Crippen LogP contribution in [0, 0.1) is 0 Å². The van der Waals surface area contributed by atoms with Crippen molar-refractivity contribution in [2.45, 2.75) is 0 Å². The van der Waals surface area contributed by atoms with E-state index in [2.05, 4.69) is 0 Å². The first-order valence-corrected chi connectivity index (χ1v) is 5.41. The van der Waals surface area contributed by atoms with E-state index < -0.39 is 23.2 Å². The number of aromatic hydroxyl groups is 6. The lowest BCUT2D eigenvalue weighted by Gasteiger charge is -2.01. The molecule has 0 saturated heterocycles. The summed E-state index contributed by atoms with van der Waals surface area (Å²) in [6, 6.07) is 5.11. The molecule has 0 aliphatic carbocycles. The molecule has 0 aromatic heterocycles. The third-order valence-electron chi connectivity index (χ3n) is 2.20. The maximum atomic E-state index is 10.3. The van der Waals surface area contributed by atoms with E-state index in [1.54, 1.807) is 0 Å².